The number of halogens is 3. The third-order valence-corrected chi connectivity index (χ3v) is 9.52. The van der Waals surface area contributed by atoms with E-state index in [0.29, 0.717) is 24.2 Å². The number of nitrogens with zero attached hydrogens (tertiary/aromatic N) is 1. The van der Waals surface area contributed by atoms with Gasteiger partial charge in [-0.2, -0.15) is 13.2 Å². The lowest BCUT2D eigenvalue weighted by Gasteiger charge is -2.53. The van der Waals surface area contributed by atoms with Crippen LogP contribution in [0.15, 0.2) is 47.7 Å². The first-order chi connectivity index (χ1) is 20.9. The zero-order valence-corrected chi connectivity index (χ0v) is 25.8. The van der Waals surface area contributed by atoms with Crippen LogP contribution in [0.1, 0.15) is 82.8 Å². The average Bonchev–Trinajstić information content (AvgIpc) is 3.85. The van der Waals surface area contributed by atoms with Crippen molar-refractivity contribution in [2.45, 2.75) is 96.6 Å². The van der Waals surface area contributed by atoms with Crippen LogP contribution in [0.5, 0.6) is 0 Å². The Labute approximate surface area is 257 Å². The maximum absolute atomic E-state index is 14.2. The molecule has 0 unspecified atom stereocenters. The number of rotatable bonds is 10. The van der Waals surface area contributed by atoms with E-state index in [0.717, 1.165) is 50.7 Å². The molecule has 2 aliphatic carbocycles. The minimum Gasteiger partial charge on any atom is -0.468 e. The van der Waals surface area contributed by atoms with Gasteiger partial charge in [-0.15, -0.1) is 0 Å². The first-order valence-corrected chi connectivity index (χ1v) is 15.8. The summed E-state index contributed by atoms with van der Waals surface area (Å²) >= 11 is 0. The molecule has 4 aliphatic rings. The Morgan fingerprint density at radius 3 is 2.61 bits per heavy atom. The molecule has 1 aromatic carbocycles. The number of ether oxygens (including phenoxy) is 2. The number of benzene rings is 1. The van der Waals surface area contributed by atoms with E-state index in [1.54, 1.807) is 4.90 Å². The smallest absolute Gasteiger partial charge is 0.416 e. The fraction of sp³-hybridized carbons (Fsp3) is 0.618. The summed E-state index contributed by atoms with van der Waals surface area (Å²) in [5.74, 6) is -1.72. The van der Waals surface area contributed by atoms with E-state index in [-0.39, 0.29) is 43.2 Å². The third-order valence-electron chi connectivity index (χ3n) is 9.52. The van der Waals surface area contributed by atoms with Gasteiger partial charge in [0.1, 0.15) is 5.41 Å². The second-order valence-electron chi connectivity index (χ2n) is 13.0. The number of alkyl halides is 3. The normalized spacial score (nSPS) is 27.4. The highest BCUT2D eigenvalue weighted by Crippen LogP contribution is 2.56. The molecule has 1 aromatic rings. The van der Waals surface area contributed by atoms with Gasteiger partial charge in [0.2, 0.25) is 11.8 Å². The van der Waals surface area contributed by atoms with E-state index in [9.17, 15) is 27.6 Å². The number of allylic oxidation sites excluding steroid dienone is 1. The number of esters is 1. The minimum absolute atomic E-state index is 0.0759. The van der Waals surface area contributed by atoms with Gasteiger partial charge in [-0.1, -0.05) is 37.6 Å². The Morgan fingerprint density at radius 1 is 1.20 bits per heavy atom. The van der Waals surface area contributed by atoms with Gasteiger partial charge in [-0.05, 0) is 87.0 Å². The van der Waals surface area contributed by atoms with E-state index >= 15 is 0 Å². The Kier molecular flexibility index (Phi) is 9.58. The predicted octanol–water partition coefficient (Wildman–Crippen LogP) is 6.33. The molecule has 2 aliphatic heterocycles. The van der Waals surface area contributed by atoms with Crippen LogP contribution in [0, 0.1) is 23.2 Å². The zero-order chi connectivity index (χ0) is 31.6. The van der Waals surface area contributed by atoms with Crippen LogP contribution in [0.4, 0.5) is 13.2 Å². The van der Waals surface area contributed by atoms with Crippen LogP contribution in [-0.2, 0) is 36.6 Å². The maximum atomic E-state index is 14.2. The molecule has 0 aromatic heterocycles. The number of hydrogen-bond acceptors (Lipinski definition) is 5. The summed E-state index contributed by atoms with van der Waals surface area (Å²) < 4.78 is 51.6. The summed E-state index contributed by atoms with van der Waals surface area (Å²) in [5, 5.41) is 2.69. The summed E-state index contributed by atoms with van der Waals surface area (Å²) in [6.07, 6.45) is 5.54. The van der Waals surface area contributed by atoms with Crippen molar-refractivity contribution in [2.75, 3.05) is 13.7 Å². The quantitative estimate of drug-likeness (QED) is 0.246. The van der Waals surface area contributed by atoms with Gasteiger partial charge < -0.3 is 19.7 Å². The molecule has 2 heterocycles. The highest BCUT2D eigenvalue weighted by atomic mass is 19.4. The van der Waals surface area contributed by atoms with Crippen molar-refractivity contribution in [2.24, 2.45) is 23.2 Å². The first kappa shape index (κ1) is 32.3. The monoisotopic (exact) mass is 616 g/mol. The number of fused-ring (bicyclic) bond motifs is 1. The van der Waals surface area contributed by atoms with Gasteiger partial charge in [0.05, 0.1) is 24.9 Å². The SMILES string of the molecule is COC(=O)[C@]12C[C@H](CC(=O)NCc3cccc(C(F)(F)F)c3)C(=O)N(CCC3=CCCCC3)C1=C[C@H](C(C)C)O[C@@H]2C1CC1. The van der Waals surface area contributed by atoms with E-state index in [1.165, 1.54) is 24.8 Å². The Hall–Kier alpha value is -3.14. The molecule has 0 spiro atoms. The Balaban J connectivity index is 1.43. The van der Waals surface area contributed by atoms with Gasteiger partial charge in [0.25, 0.3) is 0 Å². The predicted molar refractivity (Wildman–Crippen MR) is 158 cm³/mol. The van der Waals surface area contributed by atoms with Crippen LogP contribution in [-0.4, -0.2) is 48.5 Å². The van der Waals surface area contributed by atoms with E-state index in [4.69, 9.17) is 9.47 Å². The van der Waals surface area contributed by atoms with Gasteiger partial charge in [-0.3, -0.25) is 14.4 Å². The van der Waals surface area contributed by atoms with E-state index in [2.05, 4.69) is 25.2 Å². The lowest BCUT2D eigenvalue weighted by Crippen LogP contribution is -2.62. The number of hydrogen-bond donors (Lipinski definition) is 1. The van der Waals surface area contributed by atoms with Crippen molar-refractivity contribution < 1.29 is 37.0 Å². The molecule has 0 radical (unpaired) electrons. The van der Waals surface area contributed by atoms with Crippen molar-refractivity contribution >= 4 is 17.8 Å². The standard InChI is InChI=1S/C34H43F3N2O5/c1-21(2)27-18-28-33(32(42)43-3,30(44-27)24-12-13-24)19-25(31(41)39(28)15-14-22-8-5-4-6-9-22)17-29(40)38-20-23-10-7-11-26(16-23)34(35,36)37/h7-8,10-11,16,18,21,24-25,27,30H,4-6,9,12-15,17,19-20H2,1-3H3,(H,38,40)/t25-,27+,30+,33+/m0/s1. The summed E-state index contributed by atoms with van der Waals surface area (Å²) in [5.41, 5.74) is 0.199. The van der Waals surface area contributed by atoms with Crippen molar-refractivity contribution in [3.8, 4) is 0 Å². The molecule has 240 valence electrons. The number of nitrogens with one attached hydrogen (secondary N) is 1. The fourth-order valence-corrected chi connectivity index (χ4v) is 7.02. The number of piperidine rings is 1. The molecular weight excluding hydrogens is 573 g/mol. The van der Waals surface area contributed by atoms with Gasteiger partial charge in [0, 0.05) is 31.1 Å². The molecule has 1 saturated heterocycles. The number of carbonyl (C=O) groups is 3. The second-order valence-corrected chi connectivity index (χ2v) is 13.0. The number of carbonyl (C=O) groups excluding carboxylic acids is 3. The molecular formula is C34H43F3N2O5. The van der Waals surface area contributed by atoms with Crippen LogP contribution in [0.25, 0.3) is 0 Å². The van der Waals surface area contributed by atoms with E-state index in [1.807, 2.05) is 6.08 Å². The molecule has 4 atom stereocenters. The topological polar surface area (TPSA) is 84.9 Å². The number of methoxy groups -OCH3 is 1. The van der Waals surface area contributed by atoms with Crippen molar-refractivity contribution in [1.82, 2.24) is 10.2 Å². The fourth-order valence-electron chi connectivity index (χ4n) is 7.02. The van der Waals surface area contributed by atoms with Crippen molar-refractivity contribution in [3.05, 3.63) is 58.8 Å². The average molecular weight is 617 g/mol. The lowest BCUT2D eigenvalue weighted by molar-refractivity contribution is -0.182. The van der Waals surface area contributed by atoms with Crippen LogP contribution in [0.2, 0.25) is 0 Å². The third kappa shape index (κ3) is 6.75. The van der Waals surface area contributed by atoms with Crippen LogP contribution in [0.3, 0.4) is 0 Å². The molecule has 0 bridgehead atoms. The molecule has 1 N–H and O–H groups in total. The van der Waals surface area contributed by atoms with Crippen molar-refractivity contribution in [1.29, 1.82) is 0 Å². The Morgan fingerprint density at radius 2 is 1.98 bits per heavy atom. The lowest BCUT2D eigenvalue weighted by atomic mass is 9.64. The van der Waals surface area contributed by atoms with Crippen LogP contribution < -0.4 is 5.32 Å². The highest BCUT2D eigenvalue weighted by molar-refractivity contribution is 5.92. The molecule has 44 heavy (non-hydrogen) atoms. The molecule has 5 rings (SSSR count). The first-order valence-electron chi connectivity index (χ1n) is 15.8. The van der Waals surface area contributed by atoms with Gasteiger partial charge in [-0.25, -0.2) is 0 Å². The molecule has 10 heteroatoms. The summed E-state index contributed by atoms with van der Waals surface area (Å²) in [7, 11) is 1.34. The maximum Gasteiger partial charge on any atom is 0.416 e. The van der Waals surface area contributed by atoms with Crippen molar-refractivity contribution in [3.63, 3.8) is 0 Å². The highest BCUT2D eigenvalue weighted by Gasteiger charge is 2.63. The number of likely N-dealkylation sites (tertiary alicyclic amines) is 1. The van der Waals surface area contributed by atoms with E-state index < -0.39 is 41.1 Å². The minimum atomic E-state index is -4.49. The molecule has 7 nitrogen and oxygen atoms in total. The van der Waals surface area contributed by atoms with Crippen LogP contribution >= 0.6 is 0 Å². The largest absolute Gasteiger partial charge is 0.468 e. The molecule has 1 saturated carbocycles. The summed E-state index contributed by atoms with van der Waals surface area (Å²) in [6.45, 7) is 4.38. The van der Waals surface area contributed by atoms with Gasteiger partial charge in [0.15, 0.2) is 0 Å². The van der Waals surface area contributed by atoms with Gasteiger partial charge >= 0.3 is 12.1 Å². The molecule has 2 fully saturated rings. The molecule has 2 amide bonds. The summed E-state index contributed by atoms with van der Waals surface area (Å²) in [4.78, 5) is 43.0. The second kappa shape index (κ2) is 13.1. The zero-order valence-electron chi connectivity index (χ0n) is 25.8. The number of amides is 2. The Bertz CT molecular complexity index is 1320. The summed E-state index contributed by atoms with van der Waals surface area (Å²) in [6, 6.07) is 4.79.